The third-order valence-corrected chi connectivity index (χ3v) is 5.97. The number of nitrogens with zero attached hydrogens (tertiary/aromatic N) is 1. The number of methoxy groups -OCH3 is 2. The normalized spacial score (nSPS) is 26.4. The van der Waals surface area contributed by atoms with Gasteiger partial charge in [0.15, 0.2) is 5.96 Å². The van der Waals surface area contributed by atoms with Gasteiger partial charge in [-0.2, -0.15) is 0 Å². The molecular weight excluding hydrogens is 469 g/mol. The Labute approximate surface area is 185 Å². The number of ether oxygens (including phenoxy) is 3. The van der Waals surface area contributed by atoms with Crippen molar-refractivity contribution in [1.82, 2.24) is 10.6 Å². The zero-order valence-corrected chi connectivity index (χ0v) is 20.1. The van der Waals surface area contributed by atoms with Crippen LogP contribution in [0.4, 0.5) is 0 Å². The van der Waals surface area contributed by atoms with Gasteiger partial charge in [0.25, 0.3) is 0 Å². The van der Waals surface area contributed by atoms with E-state index in [1.54, 1.807) is 14.2 Å². The number of nitrogens with one attached hydrogen (secondary N) is 2. The molecule has 1 aromatic rings. The summed E-state index contributed by atoms with van der Waals surface area (Å²) in [7, 11) is 3.36. The second-order valence-corrected chi connectivity index (χ2v) is 7.98. The highest BCUT2D eigenvalue weighted by Gasteiger charge is 2.59. The van der Waals surface area contributed by atoms with Gasteiger partial charge in [0.2, 0.25) is 0 Å². The van der Waals surface area contributed by atoms with Gasteiger partial charge < -0.3 is 24.8 Å². The Hall–Kier alpha value is -1.22. The molecule has 1 heterocycles. The van der Waals surface area contributed by atoms with Gasteiger partial charge in [-0.1, -0.05) is 13.8 Å². The molecule has 1 saturated heterocycles. The molecule has 0 radical (unpaired) electrons. The van der Waals surface area contributed by atoms with Crippen molar-refractivity contribution in [2.24, 2.45) is 16.3 Å². The molecule has 0 aromatic heterocycles. The summed E-state index contributed by atoms with van der Waals surface area (Å²) in [6.45, 7) is 10.3. The fourth-order valence-corrected chi connectivity index (χ4v) is 4.52. The van der Waals surface area contributed by atoms with Crippen molar-refractivity contribution < 1.29 is 14.2 Å². The van der Waals surface area contributed by atoms with Crippen LogP contribution in [0.15, 0.2) is 23.2 Å². The van der Waals surface area contributed by atoms with Gasteiger partial charge in [-0.05, 0) is 38.5 Å². The summed E-state index contributed by atoms with van der Waals surface area (Å²) in [6.07, 6.45) is 1.47. The smallest absolute Gasteiger partial charge is 0.191 e. The van der Waals surface area contributed by atoms with Crippen molar-refractivity contribution >= 4 is 29.9 Å². The summed E-state index contributed by atoms with van der Waals surface area (Å²) in [4.78, 5) is 4.67. The minimum absolute atomic E-state index is 0. The van der Waals surface area contributed by atoms with Gasteiger partial charge in [0.05, 0.1) is 26.4 Å². The van der Waals surface area contributed by atoms with Gasteiger partial charge in [0.1, 0.15) is 11.5 Å². The average Bonchev–Trinajstić information content (AvgIpc) is 3.12. The summed E-state index contributed by atoms with van der Waals surface area (Å²) >= 11 is 0. The molecule has 1 saturated carbocycles. The first kappa shape index (κ1) is 23.1. The predicted octanol–water partition coefficient (Wildman–Crippen LogP) is 3.75. The van der Waals surface area contributed by atoms with Crippen LogP contribution < -0.4 is 20.1 Å². The fraction of sp³-hybridized carbons (Fsp3) is 0.667. The zero-order valence-electron chi connectivity index (χ0n) is 17.7. The molecule has 1 aromatic carbocycles. The van der Waals surface area contributed by atoms with E-state index in [2.05, 4.69) is 36.4 Å². The molecule has 28 heavy (non-hydrogen) atoms. The summed E-state index contributed by atoms with van der Waals surface area (Å²) in [5.74, 6) is 3.04. The highest BCUT2D eigenvalue weighted by Crippen LogP contribution is 2.52. The molecule has 1 aliphatic carbocycles. The van der Waals surface area contributed by atoms with E-state index in [4.69, 9.17) is 14.2 Å². The lowest BCUT2D eigenvalue weighted by molar-refractivity contribution is -0.106. The first-order valence-electron chi connectivity index (χ1n) is 9.83. The Morgan fingerprint density at radius 2 is 2.07 bits per heavy atom. The lowest BCUT2D eigenvalue weighted by Gasteiger charge is -2.55. The van der Waals surface area contributed by atoms with Crippen LogP contribution in [0.5, 0.6) is 11.5 Å². The van der Waals surface area contributed by atoms with E-state index in [-0.39, 0.29) is 35.4 Å². The number of hydrogen-bond donors (Lipinski definition) is 2. The maximum absolute atomic E-state index is 5.91. The van der Waals surface area contributed by atoms with Crippen LogP contribution in [-0.2, 0) is 4.74 Å². The lowest BCUT2D eigenvalue weighted by Crippen LogP contribution is -2.68. The van der Waals surface area contributed by atoms with Crippen molar-refractivity contribution in [1.29, 1.82) is 0 Å². The Kier molecular flexibility index (Phi) is 7.84. The number of guanidine groups is 1. The van der Waals surface area contributed by atoms with Crippen molar-refractivity contribution in [3.63, 3.8) is 0 Å². The Bertz CT molecular complexity index is 695. The first-order chi connectivity index (χ1) is 12.9. The summed E-state index contributed by atoms with van der Waals surface area (Å²) in [6, 6.07) is 6.24. The van der Waals surface area contributed by atoms with E-state index in [1.165, 1.54) is 0 Å². The van der Waals surface area contributed by atoms with Gasteiger partial charge in [-0.3, -0.25) is 4.99 Å². The molecule has 0 spiro atoms. The van der Waals surface area contributed by atoms with Gasteiger partial charge >= 0.3 is 0 Å². The molecule has 0 bridgehead atoms. The Morgan fingerprint density at radius 3 is 2.71 bits per heavy atom. The fourth-order valence-electron chi connectivity index (χ4n) is 4.52. The number of benzene rings is 1. The van der Waals surface area contributed by atoms with Gasteiger partial charge in [0, 0.05) is 36.1 Å². The van der Waals surface area contributed by atoms with Crippen LogP contribution in [-0.4, -0.2) is 45.5 Å². The van der Waals surface area contributed by atoms with Gasteiger partial charge in [-0.25, -0.2) is 0 Å². The van der Waals surface area contributed by atoms with E-state index in [0.29, 0.717) is 18.1 Å². The second-order valence-electron chi connectivity index (χ2n) is 7.98. The van der Waals surface area contributed by atoms with Crippen LogP contribution in [0.3, 0.4) is 0 Å². The van der Waals surface area contributed by atoms with E-state index in [9.17, 15) is 0 Å². The molecule has 158 valence electrons. The molecule has 0 amide bonds. The summed E-state index contributed by atoms with van der Waals surface area (Å²) < 4.78 is 16.8. The molecule has 3 rings (SSSR count). The van der Waals surface area contributed by atoms with Crippen molar-refractivity contribution in [2.75, 3.05) is 27.4 Å². The maximum Gasteiger partial charge on any atom is 0.191 e. The molecule has 4 unspecified atom stereocenters. The summed E-state index contributed by atoms with van der Waals surface area (Å²) in [5, 5.41) is 7.21. The minimum atomic E-state index is 0. The van der Waals surface area contributed by atoms with Crippen LogP contribution in [0, 0.1) is 11.3 Å². The highest BCUT2D eigenvalue weighted by molar-refractivity contribution is 14.0. The molecular formula is C21H34IN3O3. The number of fused-ring (bicyclic) bond motifs is 1. The second kappa shape index (κ2) is 9.52. The standard InChI is InChI=1S/C21H33N3O3.HI/c1-7-22-20(24-18-15-10-11-27-19(15)21(18,3)4)23-13(2)16-12-14(25-5)8-9-17(16)26-6;/h8-9,12-13,15,18-19H,7,10-11H2,1-6H3,(H2,22,23,24);1H. The highest BCUT2D eigenvalue weighted by atomic mass is 127. The van der Waals surface area contributed by atoms with E-state index in [1.807, 2.05) is 25.1 Å². The summed E-state index contributed by atoms with van der Waals surface area (Å²) in [5.41, 5.74) is 1.14. The van der Waals surface area contributed by atoms with Crippen LogP contribution in [0.2, 0.25) is 0 Å². The maximum atomic E-state index is 5.91. The third kappa shape index (κ3) is 4.35. The third-order valence-electron chi connectivity index (χ3n) is 5.97. The Balaban J connectivity index is 0.00000280. The SMILES string of the molecule is CCN=C(NC(C)c1cc(OC)ccc1OC)NC1C2CCOC2C1(C)C.I. The molecule has 6 nitrogen and oxygen atoms in total. The van der Waals surface area contributed by atoms with Crippen molar-refractivity contribution in [3.05, 3.63) is 23.8 Å². The molecule has 7 heteroatoms. The van der Waals surface area contributed by atoms with Crippen LogP contribution >= 0.6 is 24.0 Å². The number of rotatable bonds is 6. The lowest BCUT2D eigenvalue weighted by atomic mass is 9.57. The van der Waals surface area contributed by atoms with E-state index < -0.39 is 0 Å². The number of hydrogen-bond acceptors (Lipinski definition) is 4. The predicted molar refractivity (Wildman–Crippen MR) is 123 cm³/mol. The molecule has 1 aliphatic heterocycles. The van der Waals surface area contributed by atoms with Gasteiger partial charge in [-0.15, -0.1) is 24.0 Å². The molecule has 2 aliphatic rings. The number of halogens is 1. The monoisotopic (exact) mass is 503 g/mol. The van der Waals surface area contributed by atoms with Crippen LogP contribution in [0.25, 0.3) is 0 Å². The molecule has 4 atom stereocenters. The largest absolute Gasteiger partial charge is 0.497 e. The average molecular weight is 503 g/mol. The van der Waals surface area contributed by atoms with Crippen LogP contribution in [0.1, 0.15) is 45.7 Å². The zero-order chi connectivity index (χ0) is 19.6. The molecule has 2 fully saturated rings. The van der Waals surface area contributed by atoms with E-state index in [0.717, 1.165) is 42.6 Å². The minimum Gasteiger partial charge on any atom is -0.497 e. The van der Waals surface area contributed by atoms with Crippen molar-refractivity contribution in [3.8, 4) is 11.5 Å². The number of aliphatic imine (C=N–C) groups is 1. The van der Waals surface area contributed by atoms with E-state index >= 15 is 0 Å². The van der Waals surface area contributed by atoms with Crippen molar-refractivity contribution in [2.45, 2.75) is 52.3 Å². The topological polar surface area (TPSA) is 64.1 Å². The first-order valence-corrected chi connectivity index (χ1v) is 9.83. The molecule has 2 N–H and O–H groups in total. The quantitative estimate of drug-likeness (QED) is 0.352. The Morgan fingerprint density at radius 1 is 1.32 bits per heavy atom.